The molecular formula is C11H10BrN3O2S. The maximum atomic E-state index is 10.8. The minimum Gasteiger partial charge on any atom is -0.477 e. The molecule has 2 aromatic heterocycles. The maximum absolute atomic E-state index is 10.8. The average molecular weight is 328 g/mol. The topological polar surface area (TPSA) is 88.2 Å². The third-order valence-electron chi connectivity index (χ3n) is 2.25. The monoisotopic (exact) mass is 327 g/mol. The van der Waals surface area contributed by atoms with E-state index < -0.39 is 5.97 Å². The Labute approximate surface area is 116 Å². The van der Waals surface area contributed by atoms with Crippen LogP contribution in [-0.4, -0.2) is 16.1 Å². The lowest BCUT2D eigenvalue weighted by Crippen LogP contribution is -2.08. The molecular weight excluding hydrogens is 318 g/mol. The molecule has 0 radical (unpaired) electrons. The van der Waals surface area contributed by atoms with E-state index in [1.165, 1.54) is 12.1 Å². The van der Waals surface area contributed by atoms with E-state index in [0.29, 0.717) is 18.1 Å². The molecule has 0 aliphatic heterocycles. The van der Waals surface area contributed by atoms with Crippen LogP contribution in [0.3, 0.4) is 0 Å². The van der Waals surface area contributed by atoms with Crippen molar-refractivity contribution in [2.75, 3.05) is 11.1 Å². The number of nitrogens with zero attached hydrogens (tertiary/aromatic N) is 1. The molecule has 0 atom stereocenters. The molecule has 0 saturated heterocycles. The number of halogens is 1. The highest BCUT2D eigenvalue weighted by Crippen LogP contribution is 2.24. The number of carbonyl (C=O) groups is 1. The van der Waals surface area contributed by atoms with Crippen LogP contribution in [0.15, 0.2) is 28.1 Å². The fraction of sp³-hybridized carbons (Fsp3) is 0.0909. The second-order valence-corrected chi connectivity index (χ2v) is 5.34. The molecule has 2 rings (SSSR count). The van der Waals surface area contributed by atoms with Crippen molar-refractivity contribution in [2.24, 2.45) is 0 Å². The van der Waals surface area contributed by atoms with E-state index >= 15 is 0 Å². The first-order valence-electron chi connectivity index (χ1n) is 5.03. The number of hydrogen-bond acceptors (Lipinski definition) is 5. The van der Waals surface area contributed by atoms with Crippen molar-refractivity contribution < 1.29 is 9.90 Å². The summed E-state index contributed by atoms with van der Waals surface area (Å²) in [5, 5.41) is 13.9. The number of nitrogen functional groups attached to an aromatic ring is 1. The van der Waals surface area contributed by atoms with Crippen LogP contribution in [-0.2, 0) is 6.54 Å². The number of aromatic carboxylic acids is 1. The highest BCUT2D eigenvalue weighted by atomic mass is 79.9. The van der Waals surface area contributed by atoms with Gasteiger partial charge in [0.05, 0.1) is 12.2 Å². The molecule has 0 aromatic carbocycles. The summed E-state index contributed by atoms with van der Waals surface area (Å²) in [7, 11) is 0. The number of pyridine rings is 1. The molecule has 0 aliphatic rings. The second-order valence-electron chi connectivity index (χ2n) is 3.48. The van der Waals surface area contributed by atoms with E-state index in [2.05, 4.69) is 26.2 Å². The van der Waals surface area contributed by atoms with Gasteiger partial charge in [-0.15, -0.1) is 11.3 Å². The SMILES string of the molecule is Nc1ccc(C(=O)O)nc1NCc1sccc1Br. The fourth-order valence-corrected chi connectivity index (χ4v) is 2.78. The molecule has 0 fully saturated rings. The summed E-state index contributed by atoms with van der Waals surface area (Å²) < 4.78 is 1.01. The second kappa shape index (κ2) is 5.36. The minimum absolute atomic E-state index is 0.0306. The zero-order valence-corrected chi connectivity index (χ0v) is 11.6. The first kappa shape index (κ1) is 12.8. The fourth-order valence-electron chi connectivity index (χ4n) is 1.35. The van der Waals surface area contributed by atoms with E-state index in [1.807, 2.05) is 11.4 Å². The zero-order chi connectivity index (χ0) is 13.1. The smallest absolute Gasteiger partial charge is 0.354 e. The first-order chi connectivity index (χ1) is 8.58. The number of aromatic nitrogens is 1. The quantitative estimate of drug-likeness (QED) is 0.803. The normalized spacial score (nSPS) is 10.3. The van der Waals surface area contributed by atoms with Crippen LogP contribution in [0.25, 0.3) is 0 Å². The minimum atomic E-state index is -1.07. The van der Waals surface area contributed by atoms with Gasteiger partial charge in [-0.25, -0.2) is 9.78 Å². The van der Waals surface area contributed by atoms with Crippen molar-refractivity contribution in [3.8, 4) is 0 Å². The van der Waals surface area contributed by atoms with Crippen molar-refractivity contribution in [1.29, 1.82) is 0 Å². The van der Waals surface area contributed by atoms with Gasteiger partial charge < -0.3 is 16.2 Å². The summed E-state index contributed by atoms with van der Waals surface area (Å²) in [6.07, 6.45) is 0. The average Bonchev–Trinajstić information content (AvgIpc) is 2.73. The molecule has 2 aromatic rings. The molecule has 0 bridgehead atoms. The Hall–Kier alpha value is -1.60. The molecule has 7 heteroatoms. The number of nitrogens with two attached hydrogens (primary N) is 1. The number of nitrogens with one attached hydrogen (secondary N) is 1. The number of carboxylic acid groups (broad SMARTS) is 1. The van der Waals surface area contributed by atoms with Gasteiger partial charge in [-0.3, -0.25) is 0 Å². The van der Waals surface area contributed by atoms with Gasteiger partial charge in [0.25, 0.3) is 0 Å². The third kappa shape index (κ3) is 2.80. The van der Waals surface area contributed by atoms with Gasteiger partial charge in [-0.05, 0) is 39.5 Å². The van der Waals surface area contributed by atoms with E-state index in [4.69, 9.17) is 10.8 Å². The Bertz CT molecular complexity index is 585. The van der Waals surface area contributed by atoms with E-state index in [1.54, 1.807) is 11.3 Å². The summed E-state index contributed by atoms with van der Waals surface area (Å²) in [5.41, 5.74) is 6.13. The molecule has 18 heavy (non-hydrogen) atoms. The summed E-state index contributed by atoms with van der Waals surface area (Å²) in [5.74, 6) is -0.689. The van der Waals surface area contributed by atoms with Crippen molar-refractivity contribution in [1.82, 2.24) is 4.98 Å². The van der Waals surface area contributed by atoms with Gasteiger partial charge >= 0.3 is 5.97 Å². The molecule has 2 heterocycles. The van der Waals surface area contributed by atoms with Crippen molar-refractivity contribution >= 4 is 44.7 Å². The third-order valence-corrected chi connectivity index (χ3v) is 4.18. The van der Waals surface area contributed by atoms with Crippen molar-refractivity contribution in [2.45, 2.75) is 6.54 Å². The Morgan fingerprint density at radius 1 is 1.50 bits per heavy atom. The molecule has 0 spiro atoms. The van der Waals surface area contributed by atoms with Crippen LogP contribution < -0.4 is 11.1 Å². The van der Waals surface area contributed by atoms with Crippen LogP contribution in [0.4, 0.5) is 11.5 Å². The Kier molecular flexibility index (Phi) is 3.83. The zero-order valence-electron chi connectivity index (χ0n) is 9.18. The Morgan fingerprint density at radius 3 is 2.89 bits per heavy atom. The van der Waals surface area contributed by atoms with Gasteiger partial charge in [0.15, 0.2) is 11.5 Å². The molecule has 0 amide bonds. The highest BCUT2D eigenvalue weighted by molar-refractivity contribution is 9.10. The van der Waals surface area contributed by atoms with E-state index in [9.17, 15) is 4.79 Å². The maximum Gasteiger partial charge on any atom is 0.354 e. The van der Waals surface area contributed by atoms with Gasteiger partial charge in [0.1, 0.15) is 0 Å². The van der Waals surface area contributed by atoms with Crippen molar-refractivity contribution in [3.05, 3.63) is 38.6 Å². The highest BCUT2D eigenvalue weighted by Gasteiger charge is 2.09. The summed E-state index contributed by atoms with van der Waals surface area (Å²) in [6.45, 7) is 0.540. The van der Waals surface area contributed by atoms with Gasteiger partial charge in [-0.2, -0.15) is 0 Å². The molecule has 0 saturated carbocycles. The van der Waals surface area contributed by atoms with Crippen LogP contribution in [0.1, 0.15) is 15.4 Å². The standard InChI is InChI=1S/C11H10BrN3O2S/c12-6-3-4-18-9(6)5-14-10-7(13)1-2-8(15-10)11(16)17/h1-4H,5,13H2,(H,14,15)(H,16,17). The lowest BCUT2D eigenvalue weighted by atomic mass is 10.3. The van der Waals surface area contributed by atoms with Gasteiger partial charge in [0.2, 0.25) is 0 Å². The molecule has 0 aliphatic carbocycles. The van der Waals surface area contributed by atoms with Crippen LogP contribution in [0.2, 0.25) is 0 Å². The van der Waals surface area contributed by atoms with Crippen LogP contribution in [0.5, 0.6) is 0 Å². The van der Waals surface area contributed by atoms with Gasteiger partial charge in [0, 0.05) is 9.35 Å². The number of anilines is 2. The van der Waals surface area contributed by atoms with Crippen LogP contribution in [0, 0.1) is 0 Å². The number of carboxylic acids is 1. The Morgan fingerprint density at radius 2 is 2.28 bits per heavy atom. The molecule has 4 N–H and O–H groups in total. The summed E-state index contributed by atoms with van der Waals surface area (Å²) in [4.78, 5) is 15.9. The first-order valence-corrected chi connectivity index (χ1v) is 6.70. The lowest BCUT2D eigenvalue weighted by molar-refractivity contribution is 0.0690. The van der Waals surface area contributed by atoms with E-state index in [-0.39, 0.29) is 5.69 Å². The van der Waals surface area contributed by atoms with Gasteiger partial charge in [-0.1, -0.05) is 0 Å². The van der Waals surface area contributed by atoms with Crippen LogP contribution >= 0.6 is 27.3 Å². The number of hydrogen-bond donors (Lipinski definition) is 3. The predicted octanol–water partition coefficient (Wildman–Crippen LogP) is 2.80. The number of rotatable bonds is 4. The van der Waals surface area contributed by atoms with Crippen molar-refractivity contribution in [3.63, 3.8) is 0 Å². The summed E-state index contributed by atoms with van der Waals surface area (Å²) in [6, 6.07) is 4.86. The lowest BCUT2D eigenvalue weighted by Gasteiger charge is -2.08. The number of thiophene rings is 1. The predicted molar refractivity (Wildman–Crippen MR) is 75.0 cm³/mol. The summed E-state index contributed by atoms with van der Waals surface area (Å²) >= 11 is 5.01. The largest absolute Gasteiger partial charge is 0.477 e. The van der Waals surface area contributed by atoms with E-state index in [0.717, 1.165) is 9.35 Å². The molecule has 0 unspecified atom stereocenters. The molecule has 94 valence electrons. The Balaban J connectivity index is 2.16. The molecule has 5 nitrogen and oxygen atoms in total.